The van der Waals surface area contributed by atoms with Crippen LogP contribution in [0.15, 0.2) is 47.3 Å². The number of aromatic nitrogens is 2. The molecule has 3 rings (SSSR count). The Morgan fingerprint density at radius 1 is 1.17 bits per heavy atom. The molecular weight excluding hydrogens is 419 g/mol. The second kappa shape index (κ2) is 11.6. The first-order valence-electron chi connectivity index (χ1n) is 9.73. The summed E-state index contributed by atoms with van der Waals surface area (Å²) < 4.78 is 0. The molecule has 0 amide bonds. The van der Waals surface area contributed by atoms with E-state index >= 15 is 0 Å². The number of halogens is 2. The van der Waals surface area contributed by atoms with Gasteiger partial charge in [-0.15, -0.1) is 18.8 Å². The quantitative estimate of drug-likeness (QED) is 0.367. The number of terminal acetylenes is 1. The summed E-state index contributed by atoms with van der Waals surface area (Å²) in [6, 6.07) is 13.2. The summed E-state index contributed by atoms with van der Waals surface area (Å²) in [5, 5.41) is 12.4. The highest BCUT2D eigenvalue weighted by Gasteiger charge is 2.10. The number of hydrogen-bond acceptors (Lipinski definition) is 4. The van der Waals surface area contributed by atoms with Crippen LogP contribution in [0.4, 0.5) is 5.69 Å². The summed E-state index contributed by atoms with van der Waals surface area (Å²) in [7, 11) is 2.04. The van der Waals surface area contributed by atoms with Crippen molar-refractivity contribution in [2.45, 2.75) is 19.3 Å². The van der Waals surface area contributed by atoms with E-state index in [2.05, 4.69) is 26.3 Å². The van der Waals surface area contributed by atoms with Crippen molar-refractivity contribution in [2.75, 3.05) is 32.0 Å². The van der Waals surface area contributed by atoms with Gasteiger partial charge in [0.05, 0.1) is 28.3 Å². The first-order chi connectivity index (χ1) is 14.1. The first kappa shape index (κ1) is 23.8. The predicted octanol–water partition coefficient (Wildman–Crippen LogP) is 4.81. The van der Waals surface area contributed by atoms with Crippen LogP contribution in [0.2, 0.25) is 5.02 Å². The zero-order valence-electron chi connectivity index (χ0n) is 17.0. The predicted molar refractivity (Wildman–Crippen MR) is 129 cm³/mol. The van der Waals surface area contributed by atoms with Crippen LogP contribution in [-0.2, 0) is 0 Å². The van der Waals surface area contributed by atoms with E-state index < -0.39 is 0 Å². The van der Waals surface area contributed by atoms with Crippen molar-refractivity contribution in [1.82, 2.24) is 15.1 Å². The molecule has 0 aliphatic rings. The van der Waals surface area contributed by atoms with E-state index in [0.29, 0.717) is 17.0 Å². The number of nitrogens with zero attached hydrogens (tertiary/aromatic N) is 2. The molecule has 2 aromatic carbocycles. The molecule has 0 unspecified atom stereocenters. The number of rotatable bonds is 9. The van der Waals surface area contributed by atoms with Crippen molar-refractivity contribution in [1.29, 1.82) is 0 Å². The number of nitrogens with one attached hydrogen (secondary N) is 2. The fourth-order valence-electron chi connectivity index (χ4n) is 3.28. The molecule has 0 aliphatic heterocycles. The Bertz CT molecular complexity index is 1070. The molecule has 0 atom stereocenters. The Labute approximate surface area is 188 Å². The lowest BCUT2D eigenvalue weighted by Gasteiger charge is -2.13. The van der Waals surface area contributed by atoms with Crippen molar-refractivity contribution >= 4 is 40.5 Å². The molecule has 2 N–H and O–H groups in total. The highest BCUT2D eigenvalue weighted by molar-refractivity contribution is 6.33. The molecular formula is C23H26Cl2N4O. The topological polar surface area (TPSA) is 61.0 Å². The summed E-state index contributed by atoms with van der Waals surface area (Å²) in [6.07, 6.45) is 8.59. The Balaban J connectivity index is 0.00000320. The molecule has 7 heteroatoms. The highest BCUT2D eigenvalue weighted by atomic mass is 35.5. The molecule has 1 aromatic heterocycles. The van der Waals surface area contributed by atoms with Crippen LogP contribution in [0.25, 0.3) is 22.0 Å². The van der Waals surface area contributed by atoms with Gasteiger partial charge in [0, 0.05) is 17.5 Å². The molecule has 0 radical (unpaired) electrons. The van der Waals surface area contributed by atoms with Gasteiger partial charge in [-0.1, -0.05) is 48.2 Å². The van der Waals surface area contributed by atoms with Gasteiger partial charge < -0.3 is 5.32 Å². The number of unbranched alkanes of at least 4 members (excludes halogenated alkanes) is 2. The van der Waals surface area contributed by atoms with Crippen LogP contribution in [-0.4, -0.2) is 41.8 Å². The lowest BCUT2D eigenvalue weighted by molar-refractivity contribution is 0.363. The average Bonchev–Trinajstić information content (AvgIpc) is 2.73. The molecule has 5 nitrogen and oxygen atoms in total. The van der Waals surface area contributed by atoms with Crippen LogP contribution in [0.1, 0.15) is 19.3 Å². The normalized spacial score (nSPS) is 10.6. The maximum absolute atomic E-state index is 12.0. The van der Waals surface area contributed by atoms with E-state index in [4.69, 9.17) is 18.0 Å². The van der Waals surface area contributed by atoms with Crippen LogP contribution >= 0.6 is 24.0 Å². The van der Waals surface area contributed by atoms with Crippen molar-refractivity contribution in [2.24, 2.45) is 0 Å². The van der Waals surface area contributed by atoms with Crippen LogP contribution in [0.3, 0.4) is 0 Å². The minimum atomic E-state index is -0.190. The fraction of sp³-hybridized carbons (Fsp3) is 0.304. The zero-order chi connectivity index (χ0) is 20.6. The fourth-order valence-corrected chi connectivity index (χ4v) is 3.47. The standard InChI is InChI=1S/C23H25ClN4O.ClH/c1-3-14-28(2)15-8-4-7-13-25-21-16-17(11-12-20(21)24)22-18-9-5-6-10-19(18)23(29)27-26-22;/h1,5-6,9-12,16,25H,4,7-8,13-15H2,2H3,(H,27,29);1H. The van der Waals surface area contributed by atoms with Gasteiger partial charge in [-0.05, 0) is 44.6 Å². The van der Waals surface area contributed by atoms with E-state index in [0.717, 1.165) is 54.7 Å². The minimum absolute atomic E-state index is 0. The molecule has 3 aromatic rings. The molecule has 0 saturated carbocycles. The lowest BCUT2D eigenvalue weighted by Crippen LogP contribution is -2.19. The molecule has 30 heavy (non-hydrogen) atoms. The van der Waals surface area contributed by atoms with E-state index in [9.17, 15) is 4.79 Å². The molecule has 1 heterocycles. The van der Waals surface area contributed by atoms with Gasteiger partial charge in [-0.25, -0.2) is 5.10 Å². The average molecular weight is 445 g/mol. The van der Waals surface area contributed by atoms with Gasteiger partial charge in [-0.2, -0.15) is 5.10 Å². The molecule has 158 valence electrons. The Hall–Kier alpha value is -2.52. The van der Waals surface area contributed by atoms with Gasteiger partial charge in [0.25, 0.3) is 5.56 Å². The Kier molecular flexibility index (Phi) is 9.19. The Morgan fingerprint density at radius 3 is 2.70 bits per heavy atom. The Morgan fingerprint density at radius 2 is 1.93 bits per heavy atom. The number of hydrogen-bond donors (Lipinski definition) is 2. The second-order valence-electron chi connectivity index (χ2n) is 7.07. The number of anilines is 1. The van der Waals surface area contributed by atoms with Crippen LogP contribution in [0, 0.1) is 12.3 Å². The lowest BCUT2D eigenvalue weighted by atomic mass is 10.0. The van der Waals surface area contributed by atoms with E-state index in [1.807, 2.05) is 43.4 Å². The van der Waals surface area contributed by atoms with E-state index in [1.165, 1.54) is 0 Å². The third-order valence-electron chi connectivity index (χ3n) is 4.83. The molecule has 0 saturated heterocycles. The summed E-state index contributed by atoms with van der Waals surface area (Å²) >= 11 is 6.38. The number of aromatic amines is 1. The number of benzene rings is 2. The maximum atomic E-state index is 12.0. The summed E-state index contributed by atoms with van der Waals surface area (Å²) in [6.45, 7) is 2.53. The SMILES string of the molecule is C#CCN(C)CCCCCNc1cc(-c2n[nH]c(=O)c3ccccc23)ccc1Cl.Cl. The largest absolute Gasteiger partial charge is 0.384 e. The van der Waals surface area contributed by atoms with Gasteiger partial charge in [0.15, 0.2) is 0 Å². The van der Waals surface area contributed by atoms with E-state index in [-0.39, 0.29) is 18.0 Å². The third kappa shape index (κ3) is 5.99. The maximum Gasteiger partial charge on any atom is 0.272 e. The van der Waals surface area contributed by atoms with Crippen LogP contribution in [0.5, 0.6) is 0 Å². The van der Waals surface area contributed by atoms with Crippen LogP contribution < -0.4 is 10.9 Å². The van der Waals surface area contributed by atoms with Crippen molar-refractivity contribution in [3.8, 4) is 23.6 Å². The van der Waals surface area contributed by atoms with Crippen molar-refractivity contribution in [3.63, 3.8) is 0 Å². The minimum Gasteiger partial charge on any atom is -0.384 e. The summed E-state index contributed by atoms with van der Waals surface area (Å²) in [5.74, 6) is 2.65. The molecule has 0 bridgehead atoms. The van der Waals surface area contributed by atoms with Crippen molar-refractivity contribution < 1.29 is 0 Å². The van der Waals surface area contributed by atoms with Gasteiger partial charge in [-0.3, -0.25) is 9.69 Å². The number of H-pyrrole nitrogens is 1. The third-order valence-corrected chi connectivity index (χ3v) is 5.16. The second-order valence-corrected chi connectivity index (χ2v) is 7.48. The summed E-state index contributed by atoms with van der Waals surface area (Å²) in [4.78, 5) is 14.2. The molecule has 0 aliphatic carbocycles. The van der Waals surface area contributed by atoms with Gasteiger partial charge in [0.2, 0.25) is 0 Å². The molecule has 0 spiro atoms. The van der Waals surface area contributed by atoms with Gasteiger partial charge in [0.1, 0.15) is 0 Å². The monoisotopic (exact) mass is 444 g/mol. The zero-order valence-corrected chi connectivity index (χ0v) is 18.5. The molecule has 0 fully saturated rings. The van der Waals surface area contributed by atoms with Crippen molar-refractivity contribution in [3.05, 3.63) is 57.8 Å². The summed E-state index contributed by atoms with van der Waals surface area (Å²) in [5.41, 5.74) is 2.31. The van der Waals surface area contributed by atoms with E-state index in [1.54, 1.807) is 6.07 Å². The first-order valence-corrected chi connectivity index (χ1v) is 10.1. The smallest absolute Gasteiger partial charge is 0.272 e. The van der Waals surface area contributed by atoms with Gasteiger partial charge >= 0.3 is 0 Å². The number of fused-ring (bicyclic) bond motifs is 1. The highest BCUT2D eigenvalue weighted by Crippen LogP contribution is 2.30.